The van der Waals surface area contributed by atoms with Crippen molar-refractivity contribution in [2.24, 2.45) is 11.8 Å². The van der Waals surface area contributed by atoms with Crippen molar-refractivity contribution in [2.75, 3.05) is 13.1 Å². The largest absolute Gasteiger partial charge is 0.239 e. The van der Waals surface area contributed by atoms with E-state index in [4.69, 9.17) is 0 Å². The molecule has 0 amide bonds. The molecule has 1 fully saturated rings. The number of fused-ring (bicyclic) bond motifs is 2. The normalized spacial score (nSPS) is 34.6. The number of nitrogens with zero attached hydrogens (tertiary/aromatic N) is 1. The molecule has 1 aliphatic heterocycles. The number of hydrogen-bond acceptors (Lipinski definition) is 0. The average Bonchev–Trinajstić information content (AvgIpc) is 2.04. The van der Waals surface area contributed by atoms with Crippen molar-refractivity contribution < 1.29 is 4.58 Å². The molecule has 0 spiro atoms. The van der Waals surface area contributed by atoms with Crippen molar-refractivity contribution in [2.45, 2.75) is 39.0 Å². The van der Waals surface area contributed by atoms with Crippen LogP contribution in [0.15, 0.2) is 0 Å². The summed E-state index contributed by atoms with van der Waals surface area (Å²) in [5.74, 6) is 1.96. The Morgan fingerprint density at radius 1 is 1.42 bits per heavy atom. The lowest BCUT2D eigenvalue weighted by Crippen LogP contribution is -2.34. The van der Waals surface area contributed by atoms with Gasteiger partial charge in [-0.3, -0.25) is 0 Å². The van der Waals surface area contributed by atoms with Crippen LogP contribution in [0.5, 0.6) is 0 Å². The highest BCUT2D eigenvalue weighted by Crippen LogP contribution is 2.30. The van der Waals surface area contributed by atoms with E-state index >= 15 is 0 Å². The van der Waals surface area contributed by atoms with Gasteiger partial charge in [0.25, 0.3) is 0 Å². The fraction of sp³-hybridized carbons (Fsp3) is 0.909. The first kappa shape index (κ1) is 8.28. The summed E-state index contributed by atoms with van der Waals surface area (Å²) in [5, 5.41) is 0. The minimum absolute atomic E-state index is 0.934. The Kier molecular flexibility index (Phi) is 2.48. The highest BCUT2D eigenvalue weighted by atomic mass is 15.0. The molecule has 2 bridgehead atoms. The molecule has 0 N–H and O–H groups in total. The lowest BCUT2D eigenvalue weighted by Gasteiger charge is -2.29. The molecular formula is C11H20N+. The molecule has 2 rings (SSSR count). The van der Waals surface area contributed by atoms with Crippen LogP contribution in [0.1, 0.15) is 39.0 Å². The summed E-state index contributed by atoms with van der Waals surface area (Å²) >= 11 is 0. The monoisotopic (exact) mass is 166 g/mol. The van der Waals surface area contributed by atoms with E-state index in [1.165, 1.54) is 45.2 Å². The molecule has 0 saturated heterocycles. The Morgan fingerprint density at radius 2 is 2.33 bits per heavy atom. The van der Waals surface area contributed by atoms with Crippen LogP contribution in [-0.4, -0.2) is 23.9 Å². The van der Waals surface area contributed by atoms with Gasteiger partial charge in [-0.1, -0.05) is 13.3 Å². The Bertz CT molecular complexity index is 183. The molecule has 12 heavy (non-hydrogen) atoms. The molecule has 1 aliphatic carbocycles. The van der Waals surface area contributed by atoms with Gasteiger partial charge in [-0.15, -0.1) is 0 Å². The van der Waals surface area contributed by atoms with E-state index in [1.807, 2.05) is 0 Å². The van der Waals surface area contributed by atoms with Gasteiger partial charge in [-0.05, 0) is 19.3 Å². The van der Waals surface area contributed by atoms with Crippen LogP contribution in [0.2, 0.25) is 0 Å². The highest BCUT2D eigenvalue weighted by molar-refractivity contribution is 5.56. The van der Waals surface area contributed by atoms with Gasteiger partial charge in [-0.25, -0.2) is 4.58 Å². The van der Waals surface area contributed by atoms with Gasteiger partial charge in [0.05, 0.1) is 0 Å². The predicted octanol–water partition coefficient (Wildman–Crippen LogP) is 2.30. The molecule has 0 aromatic rings. The van der Waals surface area contributed by atoms with Crippen molar-refractivity contribution >= 4 is 6.21 Å². The van der Waals surface area contributed by atoms with Crippen molar-refractivity contribution in [3.63, 3.8) is 0 Å². The molecule has 1 heteroatoms. The zero-order chi connectivity index (χ0) is 8.39. The second kappa shape index (κ2) is 3.59. The van der Waals surface area contributed by atoms with Gasteiger partial charge >= 0.3 is 0 Å². The van der Waals surface area contributed by atoms with Crippen LogP contribution in [0.4, 0.5) is 0 Å². The fourth-order valence-electron chi connectivity index (χ4n) is 2.78. The maximum Gasteiger partial charge on any atom is 0.145 e. The summed E-state index contributed by atoms with van der Waals surface area (Å²) < 4.78 is 2.57. The molecule has 0 aromatic carbocycles. The zero-order valence-corrected chi connectivity index (χ0v) is 8.13. The Labute approximate surface area is 75.5 Å². The predicted molar refractivity (Wildman–Crippen MR) is 51.8 cm³/mol. The molecule has 1 heterocycles. The second-order valence-corrected chi connectivity index (χ2v) is 4.44. The lowest BCUT2D eigenvalue weighted by molar-refractivity contribution is -0.539. The van der Waals surface area contributed by atoms with Crippen LogP contribution in [0.3, 0.4) is 0 Å². The maximum absolute atomic E-state index is 2.57. The van der Waals surface area contributed by atoms with Gasteiger partial charge in [0, 0.05) is 18.3 Å². The van der Waals surface area contributed by atoms with Crippen LogP contribution in [-0.2, 0) is 0 Å². The van der Waals surface area contributed by atoms with Crippen LogP contribution in [0, 0.1) is 11.8 Å². The number of hydrogen-bond donors (Lipinski definition) is 0. The summed E-state index contributed by atoms with van der Waals surface area (Å²) in [6.07, 6.45) is 9.72. The zero-order valence-electron chi connectivity index (χ0n) is 8.13. The molecule has 2 atom stereocenters. The highest BCUT2D eigenvalue weighted by Gasteiger charge is 2.30. The van der Waals surface area contributed by atoms with Crippen LogP contribution in [0.25, 0.3) is 0 Å². The van der Waals surface area contributed by atoms with E-state index < -0.39 is 0 Å². The molecule has 68 valence electrons. The molecule has 0 unspecified atom stereocenters. The first-order valence-corrected chi connectivity index (χ1v) is 5.47. The summed E-state index contributed by atoms with van der Waals surface area (Å²) in [7, 11) is 0. The van der Waals surface area contributed by atoms with Crippen LogP contribution < -0.4 is 0 Å². The molecule has 1 nitrogen and oxygen atoms in total. The maximum atomic E-state index is 2.57. The van der Waals surface area contributed by atoms with Crippen molar-refractivity contribution in [1.82, 2.24) is 0 Å². The van der Waals surface area contributed by atoms with Gasteiger partial charge in [0.15, 0.2) is 0 Å². The Balaban J connectivity index is 2.01. The summed E-state index contributed by atoms with van der Waals surface area (Å²) in [6, 6.07) is 0. The number of rotatable bonds is 2. The van der Waals surface area contributed by atoms with E-state index in [1.54, 1.807) is 0 Å². The minimum atomic E-state index is 0.934. The summed E-state index contributed by atoms with van der Waals surface area (Å²) in [6.45, 7) is 4.91. The van der Waals surface area contributed by atoms with Gasteiger partial charge in [-0.2, -0.15) is 0 Å². The topological polar surface area (TPSA) is 3.01 Å². The fourth-order valence-corrected chi connectivity index (χ4v) is 2.78. The molecule has 2 aliphatic rings. The van der Waals surface area contributed by atoms with E-state index in [9.17, 15) is 0 Å². The van der Waals surface area contributed by atoms with Gasteiger partial charge in [0.2, 0.25) is 0 Å². The molecule has 0 aromatic heterocycles. The van der Waals surface area contributed by atoms with Crippen molar-refractivity contribution in [1.29, 1.82) is 0 Å². The minimum Gasteiger partial charge on any atom is -0.239 e. The summed E-state index contributed by atoms with van der Waals surface area (Å²) in [5.41, 5.74) is 0. The smallest absolute Gasteiger partial charge is 0.145 e. The Morgan fingerprint density at radius 3 is 3.08 bits per heavy atom. The van der Waals surface area contributed by atoms with E-state index in [0.717, 1.165) is 11.8 Å². The quantitative estimate of drug-likeness (QED) is 0.554. The van der Waals surface area contributed by atoms with Crippen molar-refractivity contribution in [3.8, 4) is 0 Å². The first-order valence-electron chi connectivity index (χ1n) is 5.47. The lowest BCUT2D eigenvalue weighted by atomic mass is 9.80. The second-order valence-electron chi connectivity index (χ2n) is 4.44. The molecule has 0 radical (unpaired) electrons. The van der Waals surface area contributed by atoms with Crippen LogP contribution >= 0.6 is 0 Å². The average molecular weight is 166 g/mol. The third-order valence-electron chi connectivity index (χ3n) is 3.25. The third kappa shape index (κ3) is 1.70. The third-order valence-corrected chi connectivity index (χ3v) is 3.25. The first-order chi connectivity index (χ1) is 5.88. The van der Waals surface area contributed by atoms with Crippen molar-refractivity contribution in [3.05, 3.63) is 0 Å². The van der Waals surface area contributed by atoms with Gasteiger partial charge < -0.3 is 0 Å². The summed E-state index contributed by atoms with van der Waals surface area (Å²) in [4.78, 5) is 0. The van der Waals surface area contributed by atoms with E-state index in [-0.39, 0.29) is 0 Å². The molecule has 1 saturated carbocycles. The Hall–Kier alpha value is -0.330. The SMILES string of the molecule is CCC[N+]1=C[C@@H]2CCC[C@@H](C2)C1. The van der Waals surface area contributed by atoms with E-state index in [2.05, 4.69) is 17.7 Å². The van der Waals surface area contributed by atoms with E-state index in [0.29, 0.717) is 0 Å². The van der Waals surface area contributed by atoms with Gasteiger partial charge in [0.1, 0.15) is 19.3 Å². The standard InChI is InChI=1S/C11H20N/c1-2-6-12-8-10-4-3-5-11(7-10)9-12/h8,10-11H,2-7,9H2,1H3/q+1/t10-,11+/m1/s1. The molecular weight excluding hydrogens is 146 g/mol.